The van der Waals surface area contributed by atoms with Crippen molar-refractivity contribution in [2.24, 2.45) is 0 Å². The maximum Gasteiger partial charge on any atom is 0.222 e. The molecule has 1 aromatic rings. The molecule has 17 heavy (non-hydrogen) atoms. The number of ether oxygens (including phenoxy) is 2. The zero-order valence-electron chi connectivity index (χ0n) is 9.72. The number of benzene rings is 1. The Morgan fingerprint density at radius 3 is 3.00 bits per heavy atom. The van der Waals surface area contributed by atoms with E-state index in [1.807, 2.05) is 30.3 Å². The van der Waals surface area contributed by atoms with Crippen LogP contribution in [0, 0.1) is 0 Å². The minimum atomic E-state index is -0.0369. The predicted molar refractivity (Wildman–Crippen MR) is 63.5 cm³/mol. The molecular formula is C13H17NO3. The second-order valence-corrected chi connectivity index (χ2v) is 4.05. The van der Waals surface area contributed by atoms with E-state index in [-0.39, 0.29) is 12.0 Å². The molecule has 1 saturated heterocycles. The van der Waals surface area contributed by atoms with Crippen LogP contribution in [0.4, 0.5) is 0 Å². The van der Waals surface area contributed by atoms with E-state index in [9.17, 15) is 4.79 Å². The van der Waals surface area contributed by atoms with Gasteiger partial charge in [-0.25, -0.2) is 0 Å². The highest BCUT2D eigenvalue weighted by atomic mass is 16.5. The van der Waals surface area contributed by atoms with E-state index < -0.39 is 0 Å². The lowest BCUT2D eigenvalue weighted by molar-refractivity contribution is -0.120. The van der Waals surface area contributed by atoms with Crippen LogP contribution in [0.25, 0.3) is 0 Å². The Morgan fingerprint density at radius 2 is 2.18 bits per heavy atom. The average molecular weight is 235 g/mol. The highest BCUT2D eigenvalue weighted by Gasteiger charge is 2.15. The highest BCUT2D eigenvalue weighted by Crippen LogP contribution is 2.03. The second-order valence-electron chi connectivity index (χ2n) is 4.05. The minimum Gasteiger partial charge on any atom is -0.374 e. The van der Waals surface area contributed by atoms with E-state index in [1.54, 1.807) is 0 Å². The molecule has 1 fully saturated rings. The third-order valence-electron chi connectivity index (χ3n) is 2.62. The van der Waals surface area contributed by atoms with Gasteiger partial charge in [0.05, 0.1) is 25.9 Å². The van der Waals surface area contributed by atoms with Crippen LogP contribution in [-0.2, 0) is 20.9 Å². The first kappa shape index (κ1) is 12.1. The molecule has 4 nitrogen and oxygen atoms in total. The number of hydrogen-bond acceptors (Lipinski definition) is 3. The summed E-state index contributed by atoms with van der Waals surface area (Å²) in [5.74, 6) is 0.0514. The Bertz CT molecular complexity index is 353. The van der Waals surface area contributed by atoms with Gasteiger partial charge < -0.3 is 14.8 Å². The number of nitrogens with one attached hydrogen (secondary N) is 1. The number of rotatable bonds is 4. The molecule has 1 unspecified atom stereocenters. The first-order chi connectivity index (χ1) is 8.34. The Balaban J connectivity index is 1.69. The Kier molecular flexibility index (Phi) is 4.53. The van der Waals surface area contributed by atoms with Crippen LogP contribution in [0.15, 0.2) is 30.3 Å². The van der Waals surface area contributed by atoms with Crippen molar-refractivity contribution >= 4 is 5.91 Å². The van der Waals surface area contributed by atoms with Crippen LogP contribution in [-0.4, -0.2) is 31.8 Å². The molecule has 0 aliphatic carbocycles. The first-order valence-corrected chi connectivity index (χ1v) is 5.84. The quantitative estimate of drug-likeness (QED) is 0.850. The highest BCUT2D eigenvalue weighted by molar-refractivity contribution is 5.76. The lowest BCUT2D eigenvalue weighted by Gasteiger charge is -2.14. The molecule has 92 valence electrons. The van der Waals surface area contributed by atoms with E-state index in [0.717, 1.165) is 5.56 Å². The molecule has 2 rings (SSSR count). The lowest BCUT2D eigenvalue weighted by Crippen LogP contribution is -2.32. The molecule has 0 bridgehead atoms. The van der Waals surface area contributed by atoms with Crippen molar-refractivity contribution in [1.29, 1.82) is 0 Å². The van der Waals surface area contributed by atoms with Crippen LogP contribution < -0.4 is 5.32 Å². The largest absolute Gasteiger partial charge is 0.374 e. The molecule has 1 aliphatic rings. The van der Waals surface area contributed by atoms with Crippen molar-refractivity contribution < 1.29 is 14.3 Å². The lowest BCUT2D eigenvalue weighted by atomic mass is 10.2. The van der Waals surface area contributed by atoms with Gasteiger partial charge in [-0.05, 0) is 5.56 Å². The number of carbonyl (C=O) groups is 1. The minimum absolute atomic E-state index is 0.0369. The van der Waals surface area contributed by atoms with Crippen molar-refractivity contribution in [3.05, 3.63) is 35.9 Å². The summed E-state index contributed by atoms with van der Waals surface area (Å²) in [6.07, 6.45) is 0.403. The number of hydrogen-bond donors (Lipinski definition) is 1. The summed E-state index contributed by atoms with van der Waals surface area (Å²) in [5, 5.41) is 2.80. The molecule has 0 aromatic heterocycles. The summed E-state index contributed by atoms with van der Waals surface area (Å²) in [6.45, 7) is 2.10. The fourth-order valence-electron chi connectivity index (χ4n) is 1.68. The van der Waals surface area contributed by atoms with Crippen LogP contribution >= 0.6 is 0 Å². The Morgan fingerprint density at radius 1 is 1.35 bits per heavy atom. The molecule has 1 amide bonds. The van der Waals surface area contributed by atoms with Crippen LogP contribution in [0.5, 0.6) is 0 Å². The summed E-state index contributed by atoms with van der Waals surface area (Å²) in [6, 6.07) is 10.0. The van der Waals surface area contributed by atoms with Gasteiger partial charge in [0.25, 0.3) is 0 Å². The molecule has 0 saturated carbocycles. The van der Waals surface area contributed by atoms with Gasteiger partial charge in [0.15, 0.2) is 0 Å². The summed E-state index contributed by atoms with van der Waals surface area (Å²) in [5.41, 5.74) is 1.14. The normalized spacial score (nSPS) is 20.7. The third-order valence-corrected chi connectivity index (χ3v) is 2.62. The maximum atomic E-state index is 11.1. The standard InChI is InChI=1S/C13H17NO3/c15-13-6-7-17-12(8-14-13)10-16-9-11-4-2-1-3-5-11/h1-5,12H,6-10H2,(H,14,15). The maximum absolute atomic E-state index is 11.1. The molecule has 1 heterocycles. The fraction of sp³-hybridized carbons (Fsp3) is 0.462. The van der Waals surface area contributed by atoms with Gasteiger partial charge in [0.2, 0.25) is 5.91 Å². The van der Waals surface area contributed by atoms with Gasteiger partial charge in [-0.2, -0.15) is 0 Å². The van der Waals surface area contributed by atoms with Gasteiger partial charge in [-0.1, -0.05) is 30.3 Å². The molecule has 1 N–H and O–H groups in total. The zero-order valence-corrected chi connectivity index (χ0v) is 9.72. The van der Waals surface area contributed by atoms with Gasteiger partial charge >= 0.3 is 0 Å². The third kappa shape index (κ3) is 4.17. The second kappa shape index (κ2) is 6.37. The van der Waals surface area contributed by atoms with Gasteiger partial charge in [-0.3, -0.25) is 4.79 Å². The summed E-state index contributed by atoms with van der Waals surface area (Å²) in [4.78, 5) is 11.1. The average Bonchev–Trinajstić information content (AvgIpc) is 2.56. The van der Waals surface area contributed by atoms with E-state index in [1.165, 1.54) is 0 Å². The zero-order chi connectivity index (χ0) is 11.9. The molecular weight excluding hydrogens is 218 g/mol. The van der Waals surface area contributed by atoms with Gasteiger partial charge in [0, 0.05) is 13.0 Å². The first-order valence-electron chi connectivity index (χ1n) is 5.84. The Labute approximate surface area is 101 Å². The molecule has 4 heteroatoms. The monoisotopic (exact) mass is 235 g/mol. The van der Waals surface area contributed by atoms with E-state index in [4.69, 9.17) is 9.47 Å². The summed E-state index contributed by atoms with van der Waals surface area (Å²) in [7, 11) is 0. The summed E-state index contributed by atoms with van der Waals surface area (Å²) < 4.78 is 11.1. The van der Waals surface area contributed by atoms with Crippen LogP contribution in [0.3, 0.4) is 0 Å². The smallest absolute Gasteiger partial charge is 0.222 e. The molecule has 1 atom stereocenters. The molecule has 1 aromatic carbocycles. The van der Waals surface area contributed by atoms with Crippen molar-refractivity contribution in [2.75, 3.05) is 19.8 Å². The van der Waals surface area contributed by atoms with Crippen LogP contribution in [0.1, 0.15) is 12.0 Å². The van der Waals surface area contributed by atoms with Crippen molar-refractivity contribution in [2.45, 2.75) is 19.1 Å². The van der Waals surface area contributed by atoms with Crippen molar-refractivity contribution in [3.8, 4) is 0 Å². The SMILES string of the molecule is O=C1CCOC(COCc2ccccc2)CN1. The Hall–Kier alpha value is -1.39. The number of carbonyl (C=O) groups excluding carboxylic acids is 1. The van der Waals surface area contributed by atoms with Crippen molar-refractivity contribution in [1.82, 2.24) is 5.32 Å². The topological polar surface area (TPSA) is 47.6 Å². The summed E-state index contributed by atoms with van der Waals surface area (Å²) >= 11 is 0. The molecule has 0 spiro atoms. The van der Waals surface area contributed by atoms with Gasteiger partial charge in [-0.15, -0.1) is 0 Å². The molecule has 0 radical (unpaired) electrons. The van der Waals surface area contributed by atoms with Gasteiger partial charge in [0.1, 0.15) is 0 Å². The van der Waals surface area contributed by atoms with E-state index in [0.29, 0.717) is 32.8 Å². The van der Waals surface area contributed by atoms with E-state index in [2.05, 4.69) is 5.32 Å². The number of amides is 1. The van der Waals surface area contributed by atoms with Crippen molar-refractivity contribution in [3.63, 3.8) is 0 Å². The molecule has 1 aliphatic heterocycles. The van der Waals surface area contributed by atoms with E-state index >= 15 is 0 Å². The predicted octanol–water partition coefficient (Wildman–Crippen LogP) is 1.11. The van der Waals surface area contributed by atoms with Crippen LogP contribution in [0.2, 0.25) is 0 Å². The fourth-order valence-corrected chi connectivity index (χ4v) is 1.68.